The molecule has 8 heteroatoms. The highest BCUT2D eigenvalue weighted by molar-refractivity contribution is 5.88. The number of amides is 1. The average molecular weight is 577 g/mol. The van der Waals surface area contributed by atoms with Crippen LogP contribution in [0.25, 0.3) is 0 Å². The second-order valence-electron chi connectivity index (χ2n) is 11.6. The highest BCUT2D eigenvalue weighted by atomic mass is 16.5. The maximum absolute atomic E-state index is 12.6. The van der Waals surface area contributed by atoms with Gasteiger partial charge in [-0.3, -0.25) is 9.59 Å². The van der Waals surface area contributed by atoms with Crippen molar-refractivity contribution in [2.45, 2.75) is 116 Å². The first-order valence-corrected chi connectivity index (χ1v) is 15.9. The molecular formula is C34H48N4O4. The van der Waals surface area contributed by atoms with Crippen molar-refractivity contribution in [2.75, 3.05) is 6.54 Å². The van der Waals surface area contributed by atoms with Crippen LogP contribution in [0.15, 0.2) is 53.5 Å². The number of aliphatic imine (C=N–C) groups is 1. The minimum Gasteiger partial charge on any atom is -0.488 e. The standard InChI is InChI=1S/C34H48N4O4/c1-2-3-4-11-19-29(20-13-22-31(39)36-28-17-9-6-10-18-28)42-30-21-12-16-27-23-38(34(35)37-33(27)30)24-32(40)41-25-26-14-7-5-8-15-26/h5,7-8,12,14-16,21,28-29H,2-4,6,9-11,13,17-20,22-25H2,1H3,(H2,35,37)(H,36,39). The smallest absolute Gasteiger partial charge is 0.325 e. The minimum absolute atomic E-state index is 0.00162. The molecule has 1 unspecified atom stereocenters. The molecule has 3 N–H and O–H groups in total. The second-order valence-corrected chi connectivity index (χ2v) is 11.6. The van der Waals surface area contributed by atoms with E-state index < -0.39 is 0 Å². The van der Waals surface area contributed by atoms with Gasteiger partial charge in [0.15, 0.2) is 5.96 Å². The van der Waals surface area contributed by atoms with Crippen LogP contribution in [-0.4, -0.2) is 41.4 Å². The molecule has 2 aliphatic rings. The van der Waals surface area contributed by atoms with Crippen molar-refractivity contribution in [3.05, 3.63) is 59.7 Å². The summed E-state index contributed by atoms with van der Waals surface area (Å²) in [5.74, 6) is 0.777. The summed E-state index contributed by atoms with van der Waals surface area (Å²) in [6.45, 7) is 2.91. The third kappa shape index (κ3) is 10.1. The molecule has 1 heterocycles. The van der Waals surface area contributed by atoms with Gasteiger partial charge in [-0.2, -0.15) is 0 Å². The number of hydrogen-bond acceptors (Lipinski definition) is 7. The number of carbonyl (C=O) groups is 2. The monoisotopic (exact) mass is 576 g/mol. The number of nitrogens with two attached hydrogens (primary N) is 1. The number of rotatable bonds is 16. The molecule has 2 aromatic rings. The lowest BCUT2D eigenvalue weighted by molar-refractivity contribution is -0.145. The number of esters is 1. The fourth-order valence-corrected chi connectivity index (χ4v) is 5.74. The molecule has 0 bridgehead atoms. The lowest BCUT2D eigenvalue weighted by Crippen LogP contribution is -2.42. The molecule has 1 fully saturated rings. The number of guanidine groups is 1. The normalized spacial score (nSPS) is 15.8. The SMILES string of the molecule is CCCCCCC(CCCC(=O)NC1CCCCC1)Oc1cccc2c1N=C(N)N(CC(=O)OCc1ccccc1)C2. The molecule has 8 nitrogen and oxygen atoms in total. The van der Waals surface area contributed by atoms with Gasteiger partial charge in [-0.25, -0.2) is 4.99 Å². The lowest BCUT2D eigenvalue weighted by atomic mass is 9.95. The number of para-hydroxylation sites is 1. The van der Waals surface area contributed by atoms with Gasteiger partial charge < -0.3 is 25.4 Å². The highest BCUT2D eigenvalue weighted by Crippen LogP contribution is 2.36. The van der Waals surface area contributed by atoms with Crippen LogP contribution in [0.4, 0.5) is 5.69 Å². The van der Waals surface area contributed by atoms with Crippen LogP contribution in [-0.2, 0) is 27.5 Å². The number of hydrogen-bond donors (Lipinski definition) is 2. The zero-order valence-electron chi connectivity index (χ0n) is 25.2. The van der Waals surface area contributed by atoms with Crippen LogP contribution in [0.1, 0.15) is 102 Å². The summed E-state index contributed by atoms with van der Waals surface area (Å²) in [6, 6.07) is 15.8. The number of nitrogens with zero attached hydrogens (tertiary/aromatic N) is 2. The summed E-state index contributed by atoms with van der Waals surface area (Å²) in [6.07, 6.45) is 13.6. The highest BCUT2D eigenvalue weighted by Gasteiger charge is 2.24. The maximum Gasteiger partial charge on any atom is 0.325 e. The van der Waals surface area contributed by atoms with Crippen LogP contribution < -0.4 is 15.8 Å². The molecule has 0 aromatic heterocycles. The Kier molecular flexibility index (Phi) is 12.5. The first kappa shape index (κ1) is 31.4. The van der Waals surface area contributed by atoms with Crippen molar-refractivity contribution < 1.29 is 19.1 Å². The van der Waals surface area contributed by atoms with E-state index in [4.69, 9.17) is 15.2 Å². The number of nitrogens with one attached hydrogen (secondary N) is 1. The van der Waals surface area contributed by atoms with Gasteiger partial charge >= 0.3 is 5.97 Å². The Balaban J connectivity index is 1.33. The Morgan fingerprint density at radius 2 is 1.79 bits per heavy atom. The van der Waals surface area contributed by atoms with Crippen LogP contribution in [0.2, 0.25) is 0 Å². The molecule has 0 saturated heterocycles. The predicted molar refractivity (Wildman–Crippen MR) is 166 cm³/mol. The summed E-state index contributed by atoms with van der Waals surface area (Å²) in [4.78, 5) is 31.5. The number of carbonyl (C=O) groups excluding carboxylic acids is 2. The molecule has 1 aliphatic heterocycles. The van der Waals surface area contributed by atoms with Crippen molar-refractivity contribution in [1.82, 2.24) is 10.2 Å². The third-order valence-electron chi connectivity index (χ3n) is 8.13. The third-order valence-corrected chi connectivity index (χ3v) is 8.13. The van der Waals surface area contributed by atoms with Gasteiger partial charge in [0.05, 0.1) is 6.10 Å². The Morgan fingerprint density at radius 3 is 2.57 bits per heavy atom. The van der Waals surface area contributed by atoms with Gasteiger partial charge in [0.2, 0.25) is 5.91 Å². The quantitative estimate of drug-likeness (QED) is 0.174. The van der Waals surface area contributed by atoms with Gasteiger partial charge in [0, 0.05) is 24.6 Å². The molecule has 228 valence electrons. The van der Waals surface area contributed by atoms with E-state index in [1.807, 2.05) is 48.5 Å². The number of ether oxygens (including phenoxy) is 2. The zero-order chi connectivity index (χ0) is 29.6. The van der Waals surface area contributed by atoms with E-state index in [-0.39, 0.29) is 37.1 Å². The summed E-state index contributed by atoms with van der Waals surface area (Å²) in [5.41, 5.74) is 8.93. The largest absolute Gasteiger partial charge is 0.488 e. The molecule has 1 aliphatic carbocycles. The molecule has 1 amide bonds. The van der Waals surface area contributed by atoms with Gasteiger partial charge in [-0.15, -0.1) is 0 Å². The fourth-order valence-electron chi connectivity index (χ4n) is 5.74. The van der Waals surface area contributed by atoms with E-state index in [0.29, 0.717) is 24.8 Å². The van der Waals surface area contributed by atoms with Crippen LogP contribution >= 0.6 is 0 Å². The average Bonchev–Trinajstić information content (AvgIpc) is 3.00. The zero-order valence-corrected chi connectivity index (χ0v) is 25.2. The van der Waals surface area contributed by atoms with Crippen LogP contribution in [0, 0.1) is 0 Å². The summed E-state index contributed by atoms with van der Waals surface area (Å²) < 4.78 is 12.0. The fraction of sp³-hybridized carbons (Fsp3) is 0.559. The van der Waals surface area contributed by atoms with Crippen molar-refractivity contribution in [3.63, 3.8) is 0 Å². The van der Waals surface area contributed by atoms with Gasteiger partial charge in [-0.1, -0.05) is 87.9 Å². The Morgan fingerprint density at radius 1 is 1.00 bits per heavy atom. The Hall–Kier alpha value is -3.55. The van der Waals surface area contributed by atoms with Gasteiger partial charge in [0.25, 0.3) is 0 Å². The van der Waals surface area contributed by atoms with Crippen molar-refractivity contribution >= 4 is 23.5 Å². The van der Waals surface area contributed by atoms with Gasteiger partial charge in [-0.05, 0) is 50.2 Å². The topological polar surface area (TPSA) is 106 Å². The number of unbranched alkanes of at least 4 members (excludes halogenated alkanes) is 3. The molecule has 4 rings (SSSR count). The molecule has 42 heavy (non-hydrogen) atoms. The summed E-state index contributed by atoms with van der Waals surface area (Å²) in [7, 11) is 0. The minimum atomic E-state index is -0.354. The van der Waals surface area contributed by atoms with E-state index in [0.717, 1.165) is 55.3 Å². The molecule has 0 spiro atoms. The van der Waals surface area contributed by atoms with E-state index >= 15 is 0 Å². The number of fused-ring (bicyclic) bond motifs is 1. The molecule has 1 saturated carbocycles. The van der Waals surface area contributed by atoms with E-state index in [1.54, 1.807) is 4.90 Å². The van der Waals surface area contributed by atoms with E-state index in [2.05, 4.69) is 17.2 Å². The summed E-state index contributed by atoms with van der Waals surface area (Å²) >= 11 is 0. The predicted octanol–water partition coefficient (Wildman–Crippen LogP) is 6.53. The van der Waals surface area contributed by atoms with Crippen LogP contribution in [0.3, 0.4) is 0 Å². The molecule has 2 aromatic carbocycles. The van der Waals surface area contributed by atoms with Crippen molar-refractivity contribution in [2.24, 2.45) is 10.7 Å². The van der Waals surface area contributed by atoms with Gasteiger partial charge in [0.1, 0.15) is 24.6 Å². The Bertz CT molecular complexity index is 1160. The Labute approximate surface area is 251 Å². The van der Waals surface area contributed by atoms with E-state index in [1.165, 1.54) is 38.5 Å². The van der Waals surface area contributed by atoms with E-state index in [9.17, 15) is 9.59 Å². The summed E-state index contributed by atoms with van der Waals surface area (Å²) in [5, 5.41) is 3.23. The maximum atomic E-state index is 12.6. The van der Waals surface area contributed by atoms with Crippen molar-refractivity contribution in [3.8, 4) is 5.75 Å². The lowest BCUT2D eigenvalue weighted by Gasteiger charge is -2.29. The second kappa shape index (κ2) is 16.8. The molecule has 0 radical (unpaired) electrons. The molecular weight excluding hydrogens is 528 g/mol. The molecule has 1 atom stereocenters. The van der Waals surface area contributed by atoms with Crippen molar-refractivity contribution in [1.29, 1.82) is 0 Å². The van der Waals surface area contributed by atoms with Crippen LogP contribution in [0.5, 0.6) is 5.75 Å². The first-order valence-electron chi connectivity index (χ1n) is 15.9. The number of benzene rings is 2. The first-order chi connectivity index (χ1) is 20.5.